The van der Waals surface area contributed by atoms with Gasteiger partial charge < -0.3 is 15.2 Å². The third kappa shape index (κ3) is 7.45. The summed E-state index contributed by atoms with van der Waals surface area (Å²) in [5, 5.41) is 18.0. The number of hydrogen-bond donors (Lipinski definition) is 2. The summed E-state index contributed by atoms with van der Waals surface area (Å²) in [6, 6.07) is 14.1. The zero-order chi connectivity index (χ0) is 34.0. The topological polar surface area (TPSA) is 112 Å². The maximum atomic E-state index is 12.9. The van der Waals surface area contributed by atoms with Crippen LogP contribution in [0.15, 0.2) is 48.9 Å². The van der Waals surface area contributed by atoms with Crippen LogP contribution >= 0.6 is 11.3 Å². The molecule has 13 heteroatoms. The van der Waals surface area contributed by atoms with Crippen molar-refractivity contribution in [2.75, 3.05) is 23.7 Å². The van der Waals surface area contributed by atoms with Gasteiger partial charge in [0.1, 0.15) is 34.6 Å². The predicted octanol–water partition coefficient (Wildman–Crippen LogP) is 7.55. The van der Waals surface area contributed by atoms with Gasteiger partial charge in [0.15, 0.2) is 0 Å². The molecule has 1 atom stereocenters. The number of aromatic nitrogens is 4. The molecule has 1 unspecified atom stereocenters. The lowest BCUT2D eigenvalue weighted by Crippen LogP contribution is -2.39. The minimum atomic E-state index is -4.26. The summed E-state index contributed by atoms with van der Waals surface area (Å²) < 4.78 is 40.9. The van der Waals surface area contributed by atoms with E-state index in [0.29, 0.717) is 40.5 Å². The molecule has 4 aromatic heterocycles. The first kappa shape index (κ1) is 33.4. The number of piperidine rings is 1. The summed E-state index contributed by atoms with van der Waals surface area (Å²) >= 11 is 1.06. The average Bonchev–Trinajstić information content (AvgIpc) is 3.64. The number of pyridine rings is 1. The zero-order valence-electron chi connectivity index (χ0n) is 27.1. The molecule has 2 N–H and O–H groups in total. The quantitative estimate of drug-likeness (QED) is 0.157. The van der Waals surface area contributed by atoms with E-state index in [1.807, 2.05) is 18.2 Å². The molecule has 6 rings (SSSR count). The molecule has 1 aliphatic rings. The van der Waals surface area contributed by atoms with Gasteiger partial charge in [0.05, 0.1) is 11.8 Å². The molecular formula is C35H37F3N8OS. The van der Waals surface area contributed by atoms with Crippen LogP contribution in [0.4, 0.5) is 24.8 Å². The molecule has 0 radical (unpaired) electrons. The number of halogens is 3. The highest BCUT2D eigenvalue weighted by atomic mass is 32.1. The number of nitrogens with one attached hydrogen (secondary N) is 2. The number of thiophene rings is 1. The SMILES string of the molecule is CCC(=O)Nc1ccc(C(C)Cn2c(C#N)cc3c(C)c(CN4CCC(Nc5ncnc6sc(CC(F)(F)F)cc56)CC4)ccc32)cn1. The third-order valence-electron chi connectivity index (χ3n) is 9.06. The van der Waals surface area contributed by atoms with Crippen molar-refractivity contribution >= 4 is 50.0 Å². The predicted molar refractivity (Wildman–Crippen MR) is 182 cm³/mol. The largest absolute Gasteiger partial charge is 0.393 e. The fraction of sp³-hybridized carbons (Fsp3) is 0.400. The summed E-state index contributed by atoms with van der Waals surface area (Å²) in [5.74, 6) is 1.12. The number of alkyl halides is 3. The maximum Gasteiger partial charge on any atom is 0.393 e. The fourth-order valence-corrected chi connectivity index (χ4v) is 7.36. The Labute approximate surface area is 280 Å². The molecule has 0 spiro atoms. The van der Waals surface area contributed by atoms with Crippen LogP contribution in [0.2, 0.25) is 0 Å². The highest BCUT2D eigenvalue weighted by molar-refractivity contribution is 7.18. The Hall–Kier alpha value is -4.54. The van der Waals surface area contributed by atoms with Crippen LogP contribution in [0.3, 0.4) is 0 Å². The van der Waals surface area contributed by atoms with E-state index in [-0.39, 0.29) is 22.7 Å². The summed E-state index contributed by atoms with van der Waals surface area (Å²) in [5.41, 5.74) is 5.02. The fourth-order valence-electron chi connectivity index (χ4n) is 6.34. The number of amides is 1. The van der Waals surface area contributed by atoms with Gasteiger partial charge in [0.2, 0.25) is 5.91 Å². The van der Waals surface area contributed by atoms with Crippen molar-refractivity contribution < 1.29 is 18.0 Å². The molecule has 250 valence electrons. The van der Waals surface area contributed by atoms with E-state index in [2.05, 4.69) is 67.1 Å². The first-order valence-electron chi connectivity index (χ1n) is 16.1. The van der Waals surface area contributed by atoms with Gasteiger partial charge in [-0.2, -0.15) is 18.4 Å². The van der Waals surface area contributed by atoms with Crippen LogP contribution in [0.5, 0.6) is 0 Å². The van der Waals surface area contributed by atoms with E-state index < -0.39 is 12.6 Å². The van der Waals surface area contributed by atoms with Gasteiger partial charge in [-0.05, 0) is 60.7 Å². The van der Waals surface area contributed by atoms with Crippen molar-refractivity contribution in [3.8, 4) is 6.07 Å². The van der Waals surface area contributed by atoms with Gasteiger partial charge in [0.25, 0.3) is 0 Å². The second-order valence-corrected chi connectivity index (χ2v) is 13.6. The van der Waals surface area contributed by atoms with E-state index in [0.717, 1.165) is 65.8 Å². The van der Waals surface area contributed by atoms with Gasteiger partial charge in [-0.1, -0.05) is 26.0 Å². The van der Waals surface area contributed by atoms with E-state index in [1.165, 1.54) is 11.9 Å². The average molecular weight is 675 g/mol. The lowest BCUT2D eigenvalue weighted by atomic mass is 10.0. The van der Waals surface area contributed by atoms with Crippen molar-refractivity contribution in [3.63, 3.8) is 0 Å². The minimum absolute atomic E-state index is 0.0817. The number of benzene rings is 1. The second kappa shape index (κ2) is 13.9. The number of rotatable bonds is 10. The summed E-state index contributed by atoms with van der Waals surface area (Å²) in [6.07, 6.45) is 0.0942. The van der Waals surface area contributed by atoms with Crippen LogP contribution in [0.25, 0.3) is 21.1 Å². The van der Waals surface area contributed by atoms with E-state index in [9.17, 15) is 23.2 Å². The van der Waals surface area contributed by atoms with Crippen molar-refractivity contribution in [1.82, 2.24) is 24.4 Å². The molecule has 5 heterocycles. The molecular weight excluding hydrogens is 638 g/mol. The summed E-state index contributed by atoms with van der Waals surface area (Å²) in [4.78, 5) is 27.8. The van der Waals surface area contributed by atoms with E-state index in [1.54, 1.807) is 19.2 Å². The molecule has 1 amide bonds. The second-order valence-electron chi connectivity index (χ2n) is 12.5. The molecule has 1 fully saturated rings. The smallest absolute Gasteiger partial charge is 0.367 e. The number of anilines is 2. The normalized spacial score (nSPS) is 15.1. The number of fused-ring (bicyclic) bond motifs is 2. The van der Waals surface area contributed by atoms with Crippen LogP contribution in [-0.4, -0.2) is 55.6 Å². The van der Waals surface area contributed by atoms with Crippen LogP contribution in [0, 0.1) is 18.3 Å². The number of nitrogens with zero attached hydrogens (tertiary/aromatic N) is 6. The number of aryl methyl sites for hydroxylation is 1. The van der Waals surface area contributed by atoms with Gasteiger partial charge >= 0.3 is 6.18 Å². The Morgan fingerprint density at radius 2 is 1.92 bits per heavy atom. The first-order valence-corrected chi connectivity index (χ1v) is 16.9. The summed E-state index contributed by atoms with van der Waals surface area (Å²) in [7, 11) is 0. The number of likely N-dealkylation sites (tertiary alicyclic amines) is 1. The number of hydrogen-bond acceptors (Lipinski definition) is 8. The van der Waals surface area contributed by atoms with Crippen molar-refractivity contribution in [2.45, 2.75) is 77.7 Å². The standard InChI is InChI=1S/C35H37F3N8OS/c1-4-32(47)44-31-8-6-23(17-40-31)21(2)18-46-26(16-39)13-28-22(3)24(5-7-30(28)46)19-45-11-9-25(10-12-45)43-33-29-14-27(15-35(36,37)38)48-34(29)42-20-41-33/h5-8,13-14,17,20-21,25H,4,9-12,15,18-19H2,1-3H3,(H,40,44,47)(H,41,42,43). The Balaban J connectivity index is 1.10. The highest BCUT2D eigenvalue weighted by Gasteiger charge is 2.29. The minimum Gasteiger partial charge on any atom is -0.367 e. The maximum absolute atomic E-state index is 12.9. The molecule has 0 saturated carbocycles. The molecule has 1 aliphatic heterocycles. The Bertz CT molecular complexity index is 1970. The van der Waals surface area contributed by atoms with Crippen molar-refractivity contribution in [2.24, 2.45) is 0 Å². The van der Waals surface area contributed by atoms with Gasteiger partial charge in [-0.3, -0.25) is 9.69 Å². The number of carbonyl (C=O) groups excluding carboxylic acids is 1. The molecule has 0 bridgehead atoms. The molecule has 1 aromatic carbocycles. The number of nitriles is 1. The number of carbonyl (C=O) groups is 1. The van der Waals surface area contributed by atoms with Gasteiger partial charge in [0, 0.05) is 66.5 Å². The van der Waals surface area contributed by atoms with E-state index >= 15 is 0 Å². The van der Waals surface area contributed by atoms with Crippen LogP contribution in [0.1, 0.15) is 66.3 Å². The zero-order valence-corrected chi connectivity index (χ0v) is 27.9. The van der Waals surface area contributed by atoms with E-state index in [4.69, 9.17) is 0 Å². The Morgan fingerprint density at radius 1 is 1.12 bits per heavy atom. The lowest BCUT2D eigenvalue weighted by molar-refractivity contribution is -0.126. The first-order chi connectivity index (χ1) is 23.0. The molecule has 9 nitrogen and oxygen atoms in total. The molecule has 5 aromatic rings. The third-order valence-corrected chi connectivity index (χ3v) is 10.1. The monoisotopic (exact) mass is 674 g/mol. The lowest BCUT2D eigenvalue weighted by Gasteiger charge is -2.33. The summed E-state index contributed by atoms with van der Waals surface area (Å²) in [6.45, 7) is 9.14. The van der Waals surface area contributed by atoms with Crippen LogP contribution in [-0.2, 0) is 24.3 Å². The molecule has 1 saturated heterocycles. The van der Waals surface area contributed by atoms with Crippen molar-refractivity contribution in [3.05, 3.63) is 76.2 Å². The molecule has 48 heavy (non-hydrogen) atoms. The Kier molecular flexibility index (Phi) is 9.66. The van der Waals surface area contributed by atoms with Crippen molar-refractivity contribution in [1.29, 1.82) is 5.26 Å². The Morgan fingerprint density at radius 3 is 2.60 bits per heavy atom. The van der Waals surface area contributed by atoms with Gasteiger partial charge in [-0.25, -0.2) is 15.0 Å². The highest BCUT2D eigenvalue weighted by Crippen LogP contribution is 2.34. The molecule has 0 aliphatic carbocycles. The van der Waals surface area contributed by atoms with Gasteiger partial charge in [-0.15, -0.1) is 11.3 Å². The van der Waals surface area contributed by atoms with Crippen LogP contribution < -0.4 is 10.6 Å².